The van der Waals surface area contributed by atoms with Crippen LogP contribution < -0.4 is 4.57 Å². The average Bonchev–Trinajstić information content (AvgIpc) is 3.06. The number of hydrogen-bond donors (Lipinski definition) is 0. The highest BCUT2D eigenvalue weighted by molar-refractivity contribution is 6.10. The Morgan fingerprint density at radius 3 is 2.43 bits per heavy atom. The van der Waals surface area contributed by atoms with Crippen molar-refractivity contribution in [3.63, 3.8) is 0 Å². The molecule has 0 amide bonds. The van der Waals surface area contributed by atoms with Gasteiger partial charge in [-0.05, 0) is 30.2 Å². The molecule has 2 heterocycles. The Kier molecular flexibility index (Phi) is 3.76. The fourth-order valence-electron chi connectivity index (χ4n) is 3.90. The van der Waals surface area contributed by atoms with Crippen LogP contribution >= 0.6 is 0 Å². The molecule has 0 fully saturated rings. The highest BCUT2D eigenvalue weighted by Crippen LogP contribution is 2.39. The molecule has 136 valence electrons. The van der Waals surface area contributed by atoms with Gasteiger partial charge in [-0.25, -0.2) is 8.96 Å². The lowest BCUT2D eigenvalue weighted by Crippen LogP contribution is -2.30. The topological polar surface area (TPSA) is 17.0 Å². The maximum absolute atomic E-state index is 14.8. The Labute approximate surface area is 162 Å². The zero-order valence-electron chi connectivity index (χ0n) is 15.7. The molecule has 5 rings (SSSR count). The van der Waals surface area contributed by atoms with Crippen LogP contribution in [0.25, 0.3) is 44.3 Å². The Morgan fingerprint density at radius 2 is 1.64 bits per heavy atom. The molecular formula is C25H19FNO+. The van der Waals surface area contributed by atoms with Crippen molar-refractivity contribution in [2.45, 2.75) is 6.92 Å². The van der Waals surface area contributed by atoms with E-state index in [1.165, 1.54) is 6.07 Å². The molecule has 0 saturated heterocycles. The minimum absolute atomic E-state index is 0.277. The molecule has 2 aromatic heterocycles. The van der Waals surface area contributed by atoms with E-state index >= 15 is 0 Å². The first kappa shape index (κ1) is 16.7. The van der Waals surface area contributed by atoms with E-state index in [1.54, 1.807) is 0 Å². The summed E-state index contributed by atoms with van der Waals surface area (Å²) in [5.74, 6) is -0.277. The summed E-state index contributed by atoms with van der Waals surface area (Å²) in [4.78, 5) is 0. The maximum atomic E-state index is 14.8. The lowest BCUT2D eigenvalue weighted by atomic mass is 9.98. The van der Waals surface area contributed by atoms with Gasteiger partial charge in [-0.2, -0.15) is 0 Å². The summed E-state index contributed by atoms with van der Waals surface area (Å²) >= 11 is 0. The molecule has 0 atom stereocenters. The third kappa shape index (κ3) is 2.51. The van der Waals surface area contributed by atoms with Crippen molar-refractivity contribution in [1.29, 1.82) is 0 Å². The van der Waals surface area contributed by atoms with Crippen molar-refractivity contribution in [3.8, 4) is 22.4 Å². The van der Waals surface area contributed by atoms with Crippen LogP contribution in [-0.4, -0.2) is 0 Å². The number of hydrogen-bond acceptors (Lipinski definition) is 1. The van der Waals surface area contributed by atoms with Crippen LogP contribution in [0.2, 0.25) is 0 Å². The molecule has 0 unspecified atom stereocenters. The van der Waals surface area contributed by atoms with Crippen LogP contribution in [0.3, 0.4) is 0 Å². The van der Waals surface area contributed by atoms with Crippen molar-refractivity contribution in [2.24, 2.45) is 7.05 Å². The van der Waals surface area contributed by atoms with Crippen LogP contribution in [0, 0.1) is 12.7 Å². The number of aryl methyl sites for hydroxylation is 2. The second kappa shape index (κ2) is 6.31. The molecule has 0 saturated carbocycles. The quantitative estimate of drug-likeness (QED) is 0.339. The van der Waals surface area contributed by atoms with Gasteiger partial charge >= 0.3 is 0 Å². The number of pyridine rings is 1. The summed E-state index contributed by atoms with van der Waals surface area (Å²) in [5.41, 5.74) is 6.03. The van der Waals surface area contributed by atoms with Crippen LogP contribution in [0.1, 0.15) is 5.56 Å². The number of fused-ring (bicyclic) bond motifs is 3. The molecule has 28 heavy (non-hydrogen) atoms. The zero-order valence-corrected chi connectivity index (χ0v) is 15.7. The van der Waals surface area contributed by atoms with Crippen LogP contribution in [0.4, 0.5) is 4.39 Å². The molecule has 0 spiro atoms. The number of halogens is 1. The predicted octanol–water partition coefficient (Wildman–Crippen LogP) is 6.19. The molecule has 2 nitrogen and oxygen atoms in total. The second-order valence-electron chi connectivity index (χ2n) is 7.13. The average molecular weight is 368 g/mol. The smallest absolute Gasteiger partial charge is 0.216 e. The molecule has 3 heteroatoms. The molecular weight excluding hydrogens is 349 g/mol. The normalized spacial score (nSPS) is 11.4. The Morgan fingerprint density at radius 1 is 0.857 bits per heavy atom. The third-order valence-corrected chi connectivity index (χ3v) is 5.33. The van der Waals surface area contributed by atoms with Gasteiger partial charge in [0.1, 0.15) is 24.0 Å². The van der Waals surface area contributed by atoms with Gasteiger partial charge in [-0.15, -0.1) is 0 Å². The number of rotatable bonds is 2. The minimum atomic E-state index is -0.277. The first-order chi connectivity index (χ1) is 13.6. The highest BCUT2D eigenvalue weighted by atomic mass is 19.1. The number of nitrogens with zero attached hydrogens (tertiary/aromatic N) is 1. The first-order valence-electron chi connectivity index (χ1n) is 9.29. The fraction of sp³-hybridized carbons (Fsp3) is 0.0800. The van der Waals surface area contributed by atoms with E-state index < -0.39 is 0 Å². The van der Waals surface area contributed by atoms with Gasteiger partial charge in [0.25, 0.3) is 0 Å². The largest absolute Gasteiger partial charge is 0.455 e. The van der Waals surface area contributed by atoms with E-state index in [0.29, 0.717) is 11.1 Å². The molecule has 0 N–H and O–H groups in total. The lowest BCUT2D eigenvalue weighted by Gasteiger charge is -2.05. The van der Waals surface area contributed by atoms with E-state index in [2.05, 4.69) is 29.7 Å². The summed E-state index contributed by atoms with van der Waals surface area (Å²) < 4.78 is 23.1. The molecule has 5 aromatic rings. The molecule has 0 aliphatic carbocycles. The standard InChI is InChI=1S/C25H19FNO/c1-16-11-12-18-20-14-19(17-8-4-3-5-9-17)21(26)15-23(20)28-25(18)24(16)22-10-6-7-13-27(22)2/h3-15H,1-2H3/q+1. The van der Waals surface area contributed by atoms with Crippen LogP contribution in [-0.2, 0) is 7.05 Å². The van der Waals surface area contributed by atoms with Crippen molar-refractivity contribution in [1.82, 2.24) is 0 Å². The monoisotopic (exact) mass is 368 g/mol. The number of aromatic nitrogens is 1. The summed E-state index contributed by atoms with van der Waals surface area (Å²) in [7, 11) is 2.02. The molecule has 3 aromatic carbocycles. The molecule has 0 aliphatic heterocycles. The Balaban J connectivity index is 1.85. The van der Waals surface area contributed by atoms with Gasteiger partial charge in [-0.1, -0.05) is 42.5 Å². The molecule has 0 bridgehead atoms. The summed E-state index contributed by atoms with van der Waals surface area (Å²) in [6.45, 7) is 2.07. The maximum Gasteiger partial charge on any atom is 0.216 e. The molecule has 0 aliphatic rings. The number of furan rings is 1. The van der Waals surface area contributed by atoms with Gasteiger partial charge < -0.3 is 4.42 Å². The van der Waals surface area contributed by atoms with E-state index in [1.807, 2.05) is 61.8 Å². The van der Waals surface area contributed by atoms with Crippen molar-refractivity contribution >= 4 is 21.9 Å². The van der Waals surface area contributed by atoms with E-state index in [9.17, 15) is 4.39 Å². The minimum Gasteiger partial charge on any atom is -0.455 e. The van der Waals surface area contributed by atoms with Gasteiger partial charge in [0, 0.05) is 34.5 Å². The third-order valence-electron chi connectivity index (χ3n) is 5.33. The predicted molar refractivity (Wildman–Crippen MR) is 110 cm³/mol. The second-order valence-corrected chi connectivity index (χ2v) is 7.13. The van der Waals surface area contributed by atoms with E-state index in [4.69, 9.17) is 4.42 Å². The van der Waals surface area contributed by atoms with Crippen LogP contribution in [0.15, 0.2) is 83.4 Å². The first-order valence-corrected chi connectivity index (χ1v) is 9.29. The summed E-state index contributed by atoms with van der Waals surface area (Å²) in [6, 6.07) is 23.3. The summed E-state index contributed by atoms with van der Waals surface area (Å²) in [5, 5.41) is 1.92. The van der Waals surface area contributed by atoms with Gasteiger partial charge in [-0.3, -0.25) is 0 Å². The summed E-state index contributed by atoms with van der Waals surface area (Å²) in [6.07, 6.45) is 2.02. The highest BCUT2D eigenvalue weighted by Gasteiger charge is 2.21. The van der Waals surface area contributed by atoms with E-state index in [0.717, 1.165) is 38.7 Å². The Bertz CT molecular complexity index is 1340. The van der Waals surface area contributed by atoms with Gasteiger partial charge in [0.2, 0.25) is 5.69 Å². The fourth-order valence-corrected chi connectivity index (χ4v) is 3.90. The number of benzene rings is 3. The van der Waals surface area contributed by atoms with Crippen molar-refractivity contribution in [3.05, 3.63) is 90.4 Å². The van der Waals surface area contributed by atoms with Crippen LogP contribution in [0.5, 0.6) is 0 Å². The van der Waals surface area contributed by atoms with E-state index in [-0.39, 0.29) is 5.82 Å². The Hall–Kier alpha value is -3.46. The van der Waals surface area contributed by atoms with Crippen molar-refractivity contribution < 1.29 is 13.4 Å². The molecule has 0 radical (unpaired) electrons. The van der Waals surface area contributed by atoms with Crippen molar-refractivity contribution in [2.75, 3.05) is 0 Å². The SMILES string of the molecule is Cc1ccc2c(oc3cc(F)c(-c4ccccc4)cc32)c1-c1cccc[n+]1C. The van der Waals surface area contributed by atoms with Gasteiger partial charge in [0.15, 0.2) is 6.20 Å². The van der Waals surface area contributed by atoms with Gasteiger partial charge in [0.05, 0.1) is 5.56 Å². The lowest BCUT2D eigenvalue weighted by molar-refractivity contribution is -0.660. The zero-order chi connectivity index (χ0) is 19.3.